The molecule has 0 aliphatic carbocycles. The van der Waals surface area contributed by atoms with E-state index in [2.05, 4.69) is 0 Å². The third-order valence-electron chi connectivity index (χ3n) is 2.96. The Labute approximate surface area is 104 Å². The van der Waals surface area contributed by atoms with Crippen molar-refractivity contribution in [2.45, 2.75) is 45.8 Å². The van der Waals surface area contributed by atoms with E-state index in [1.54, 1.807) is 13.8 Å². The van der Waals surface area contributed by atoms with Gasteiger partial charge in [-0.25, -0.2) is 4.79 Å². The predicted molar refractivity (Wildman–Crippen MR) is 58.9 cm³/mol. The quantitative estimate of drug-likeness (QED) is 0.776. The van der Waals surface area contributed by atoms with Gasteiger partial charge in [0.2, 0.25) is 5.91 Å². The molecule has 4 nitrogen and oxygen atoms in total. The van der Waals surface area contributed by atoms with Crippen LogP contribution >= 0.6 is 0 Å². The van der Waals surface area contributed by atoms with Crippen LogP contribution in [-0.4, -0.2) is 29.2 Å². The highest BCUT2D eigenvalue weighted by molar-refractivity contribution is 5.84. The van der Waals surface area contributed by atoms with Gasteiger partial charge in [0.25, 0.3) is 0 Å². The number of carbonyl (C=O) groups is 2. The number of nitrogens with one attached hydrogen (secondary N) is 1. The topological polar surface area (TPSA) is 66.4 Å². The lowest BCUT2D eigenvalue weighted by molar-refractivity contribution is -0.160. The highest BCUT2D eigenvalue weighted by Crippen LogP contribution is 2.22. The highest BCUT2D eigenvalue weighted by atomic mass is 19.4. The molecule has 0 fully saturated rings. The molecule has 0 radical (unpaired) electrons. The number of carboxylic acid groups (broad SMARTS) is 1. The van der Waals surface area contributed by atoms with Crippen LogP contribution in [-0.2, 0) is 9.59 Å². The van der Waals surface area contributed by atoms with E-state index in [1.807, 2.05) is 12.2 Å². The maximum Gasteiger partial charge on any atom is 0.391 e. The first-order chi connectivity index (χ1) is 8.08. The lowest BCUT2D eigenvalue weighted by atomic mass is 9.92. The second-order valence-corrected chi connectivity index (χ2v) is 4.39. The SMILES string of the molecule is CCC(C)C(C)C(=O)NC(CC(F)(F)F)C(=O)O. The van der Waals surface area contributed by atoms with Gasteiger partial charge in [-0.2, -0.15) is 13.2 Å². The van der Waals surface area contributed by atoms with Crippen LogP contribution in [0.4, 0.5) is 13.2 Å². The van der Waals surface area contributed by atoms with Gasteiger partial charge < -0.3 is 10.4 Å². The van der Waals surface area contributed by atoms with Crippen LogP contribution < -0.4 is 5.32 Å². The number of rotatable bonds is 6. The standard InChI is InChI=1S/C11H18F3NO3/c1-4-6(2)7(3)9(16)15-8(10(17)18)5-11(12,13)14/h6-8H,4-5H2,1-3H3,(H,15,16)(H,17,18). The predicted octanol–water partition coefficient (Wildman–Crippen LogP) is 2.19. The Kier molecular flexibility index (Phi) is 6.14. The summed E-state index contributed by atoms with van der Waals surface area (Å²) in [7, 11) is 0. The lowest BCUT2D eigenvalue weighted by Crippen LogP contribution is -2.46. The van der Waals surface area contributed by atoms with E-state index >= 15 is 0 Å². The monoisotopic (exact) mass is 269 g/mol. The number of halogens is 3. The number of hydrogen-bond donors (Lipinski definition) is 2. The molecule has 18 heavy (non-hydrogen) atoms. The summed E-state index contributed by atoms with van der Waals surface area (Å²) in [6, 6.07) is -1.93. The summed E-state index contributed by atoms with van der Waals surface area (Å²) in [4.78, 5) is 22.3. The van der Waals surface area contributed by atoms with Crippen molar-refractivity contribution in [3.63, 3.8) is 0 Å². The van der Waals surface area contributed by atoms with Gasteiger partial charge in [-0.05, 0) is 5.92 Å². The van der Waals surface area contributed by atoms with Gasteiger partial charge in [-0.15, -0.1) is 0 Å². The fourth-order valence-corrected chi connectivity index (χ4v) is 1.35. The first-order valence-electron chi connectivity index (χ1n) is 5.68. The summed E-state index contributed by atoms with van der Waals surface area (Å²) in [5.41, 5.74) is 0. The maximum atomic E-state index is 12.1. The molecule has 0 saturated carbocycles. The van der Waals surface area contributed by atoms with E-state index < -0.39 is 36.4 Å². The zero-order valence-electron chi connectivity index (χ0n) is 10.5. The molecule has 0 spiro atoms. The molecule has 0 rings (SSSR count). The molecule has 0 aliphatic heterocycles. The average Bonchev–Trinajstić information content (AvgIpc) is 2.23. The zero-order chi connectivity index (χ0) is 14.5. The van der Waals surface area contributed by atoms with E-state index in [9.17, 15) is 22.8 Å². The molecule has 2 N–H and O–H groups in total. The van der Waals surface area contributed by atoms with Crippen LogP contribution in [0.25, 0.3) is 0 Å². The zero-order valence-corrected chi connectivity index (χ0v) is 10.5. The van der Waals surface area contributed by atoms with Crippen LogP contribution in [0.3, 0.4) is 0 Å². The normalized spacial score (nSPS) is 16.8. The number of hydrogen-bond acceptors (Lipinski definition) is 2. The molecular formula is C11H18F3NO3. The minimum Gasteiger partial charge on any atom is -0.480 e. The van der Waals surface area contributed by atoms with E-state index in [0.29, 0.717) is 6.42 Å². The van der Waals surface area contributed by atoms with Crippen LogP contribution in [0.5, 0.6) is 0 Å². The maximum absolute atomic E-state index is 12.1. The van der Waals surface area contributed by atoms with Crippen molar-refractivity contribution < 1.29 is 27.9 Å². The summed E-state index contributed by atoms with van der Waals surface area (Å²) in [5.74, 6) is -2.89. The molecule has 0 aromatic heterocycles. The largest absolute Gasteiger partial charge is 0.480 e. The van der Waals surface area contributed by atoms with Gasteiger partial charge >= 0.3 is 12.1 Å². The Balaban J connectivity index is 4.60. The fourth-order valence-electron chi connectivity index (χ4n) is 1.35. The van der Waals surface area contributed by atoms with Gasteiger partial charge in [0, 0.05) is 5.92 Å². The second-order valence-electron chi connectivity index (χ2n) is 4.39. The molecular weight excluding hydrogens is 251 g/mol. The Bertz CT molecular complexity index is 304. The third kappa shape index (κ3) is 5.88. The van der Waals surface area contributed by atoms with Gasteiger partial charge in [0.05, 0.1) is 6.42 Å². The van der Waals surface area contributed by atoms with Crippen molar-refractivity contribution in [1.29, 1.82) is 0 Å². The molecule has 1 amide bonds. The van der Waals surface area contributed by atoms with E-state index in [-0.39, 0.29) is 5.92 Å². The van der Waals surface area contributed by atoms with Crippen LogP contribution in [0.2, 0.25) is 0 Å². The number of alkyl halides is 3. The Morgan fingerprint density at radius 1 is 1.28 bits per heavy atom. The molecule has 3 atom stereocenters. The van der Waals surface area contributed by atoms with Crippen molar-refractivity contribution >= 4 is 11.9 Å². The average molecular weight is 269 g/mol. The number of amides is 1. The molecule has 0 aliphatic rings. The highest BCUT2D eigenvalue weighted by Gasteiger charge is 2.37. The number of carbonyl (C=O) groups excluding carboxylic acids is 1. The van der Waals surface area contributed by atoms with E-state index in [1.165, 1.54) is 0 Å². The third-order valence-corrected chi connectivity index (χ3v) is 2.96. The number of carboxylic acids is 1. The Morgan fingerprint density at radius 3 is 2.11 bits per heavy atom. The van der Waals surface area contributed by atoms with Crippen molar-refractivity contribution in [1.82, 2.24) is 5.32 Å². The van der Waals surface area contributed by atoms with Gasteiger partial charge in [-0.1, -0.05) is 27.2 Å². The van der Waals surface area contributed by atoms with Gasteiger partial charge in [0.15, 0.2) is 0 Å². The first kappa shape index (κ1) is 16.7. The first-order valence-corrected chi connectivity index (χ1v) is 5.68. The van der Waals surface area contributed by atoms with Crippen molar-refractivity contribution in [3.05, 3.63) is 0 Å². The fraction of sp³-hybridized carbons (Fsp3) is 0.818. The molecule has 7 heteroatoms. The smallest absolute Gasteiger partial charge is 0.391 e. The summed E-state index contributed by atoms with van der Waals surface area (Å²) < 4.78 is 36.4. The van der Waals surface area contributed by atoms with Crippen LogP contribution in [0, 0.1) is 11.8 Å². The van der Waals surface area contributed by atoms with Crippen molar-refractivity contribution in [3.8, 4) is 0 Å². The number of aliphatic carboxylic acids is 1. The lowest BCUT2D eigenvalue weighted by Gasteiger charge is -2.21. The van der Waals surface area contributed by atoms with Crippen LogP contribution in [0.15, 0.2) is 0 Å². The minimum absolute atomic E-state index is 0.0228. The summed E-state index contributed by atoms with van der Waals surface area (Å²) in [6.07, 6.45) is -5.51. The molecule has 0 bridgehead atoms. The van der Waals surface area contributed by atoms with Crippen LogP contribution in [0.1, 0.15) is 33.6 Å². The summed E-state index contributed by atoms with van der Waals surface area (Å²) >= 11 is 0. The Morgan fingerprint density at radius 2 is 1.78 bits per heavy atom. The molecule has 0 aromatic rings. The van der Waals surface area contributed by atoms with E-state index in [0.717, 1.165) is 0 Å². The molecule has 106 valence electrons. The van der Waals surface area contributed by atoms with Gasteiger partial charge in [-0.3, -0.25) is 4.79 Å². The second kappa shape index (κ2) is 6.61. The molecule has 0 heterocycles. The summed E-state index contributed by atoms with van der Waals surface area (Å²) in [6.45, 7) is 5.19. The summed E-state index contributed by atoms with van der Waals surface area (Å²) in [5, 5.41) is 10.6. The molecule has 3 unspecified atom stereocenters. The molecule has 0 saturated heterocycles. The van der Waals surface area contributed by atoms with Crippen molar-refractivity contribution in [2.75, 3.05) is 0 Å². The van der Waals surface area contributed by atoms with Crippen molar-refractivity contribution in [2.24, 2.45) is 11.8 Å². The van der Waals surface area contributed by atoms with Gasteiger partial charge in [0.1, 0.15) is 6.04 Å². The van der Waals surface area contributed by atoms with E-state index in [4.69, 9.17) is 5.11 Å². The Hall–Kier alpha value is -1.27. The molecule has 0 aromatic carbocycles. The minimum atomic E-state index is -4.63.